The molecule has 0 spiro atoms. The third-order valence-electron chi connectivity index (χ3n) is 7.34. The SMILES string of the molecule is Cc1nc2ccc(Oc3ccc4ncc(-c5cnn(CC6CC(F)(F)C6)c5)nc4c3N3CCCC3=O)cc2[nH]1. The first-order chi connectivity index (χ1) is 18.8. The number of hydrogen-bond acceptors (Lipinski definition) is 6. The Balaban J connectivity index is 1.26. The molecule has 198 valence electrons. The highest BCUT2D eigenvalue weighted by molar-refractivity contribution is 6.05. The van der Waals surface area contributed by atoms with Gasteiger partial charge >= 0.3 is 0 Å². The quantitative estimate of drug-likeness (QED) is 0.305. The third kappa shape index (κ3) is 4.37. The molecule has 1 amide bonds. The summed E-state index contributed by atoms with van der Waals surface area (Å²) >= 11 is 0. The predicted octanol–water partition coefficient (Wildman–Crippen LogP) is 5.64. The van der Waals surface area contributed by atoms with Crippen molar-refractivity contribution in [2.24, 2.45) is 5.92 Å². The molecule has 1 saturated carbocycles. The average Bonchev–Trinajstić information content (AvgIpc) is 3.62. The van der Waals surface area contributed by atoms with E-state index in [-0.39, 0.29) is 24.7 Å². The summed E-state index contributed by atoms with van der Waals surface area (Å²) in [6.45, 7) is 2.89. The van der Waals surface area contributed by atoms with Gasteiger partial charge in [-0.1, -0.05) is 0 Å². The van der Waals surface area contributed by atoms with Gasteiger partial charge in [0.1, 0.15) is 22.8 Å². The van der Waals surface area contributed by atoms with Crippen LogP contribution in [0.1, 0.15) is 31.5 Å². The molecule has 2 aromatic carbocycles. The van der Waals surface area contributed by atoms with Crippen LogP contribution in [0.4, 0.5) is 14.5 Å². The second-order valence-corrected chi connectivity index (χ2v) is 10.4. The fourth-order valence-corrected chi connectivity index (χ4v) is 5.49. The molecule has 39 heavy (non-hydrogen) atoms. The van der Waals surface area contributed by atoms with E-state index in [1.807, 2.05) is 37.3 Å². The third-order valence-corrected chi connectivity index (χ3v) is 7.34. The Morgan fingerprint density at radius 1 is 1.13 bits per heavy atom. The first-order valence-corrected chi connectivity index (χ1v) is 13.0. The van der Waals surface area contributed by atoms with Crippen LogP contribution in [0.25, 0.3) is 33.3 Å². The molecule has 1 aliphatic heterocycles. The molecule has 0 bridgehead atoms. The van der Waals surface area contributed by atoms with Crippen LogP contribution in [0, 0.1) is 12.8 Å². The number of ether oxygens (including phenoxy) is 1. The van der Waals surface area contributed by atoms with Crippen LogP contribution < -0.4 is 9.64 Å². The number of benzene rings is 2. The highest BCUT2D eigenvalue weighted by atomic mass is 19.3. The van der Waals surface area contributed by atoms with Gasteiger partial charge in [-0.3, -0.25) is 14.5 Å². The van der Waals surface area contributed by atoms with Crippen molar-refractivity contribution in [1.29, 1.82) is 0 Å². The first-order valence-electron chi connectivity index (χ1n) is 13.0. The van der Waals surface area contributed by atoms with Crippen molar-refractivity contribution in [1.82, 2.24) is 29.7 Å². The highest BCUT2D eigenvalue weighted by Crippen LogP contribution is 2.43. The zero-order chi connectivity index (χ0) is 26.7. The minimum atomic E-state index is -2.56. The molecular weight excluding hydrogens is 504 g/mol. The lowest BCUT2D eigenvalue weighted by Gasteiger charge is -2.34. The second-order valence-electron chi connectivity index (χ2n) is 10.4. The Kier molecular flexibility index (Phi) is 5.36. The molecule has 0 atom stereocenters. The van der Waals surface area contributed by atoms with Gasteiger partial charge in [-0.2, -0.15) is 5.10 Å². The van der Waals surface area contributed by atoms with Crippen molar-refractivity contribution < 1.29 is 18.3 Å². The number of carbonyl (C=O) groups is 1. The number of H-pyrrole nitrogens is 1. The van der Waals surface area contributed by atoms with Crippen LogP contribution in [0.3, 0.4) is 0 Å². The molecule has 2 fully saturated rings. The summed E-state index contributed by atoms with van der Waals surface area (Å²) in [5.74, 6) is -0.728. The smallest absolute Gasteiger partial charge is 0.248 e. The standard InChI is InChI=1S/C28H25F2N7O2/c1-16-33-20-5-4-19(9-22(20)34-16)39-24-7-6-21-26(27(24)37-8-2-3-25(37)38)35-23(13-31-21)18-12-32-36(15-18)14-17-10-28(29,30)11-17/h4-7,9,12-13,15,17H,2-3,8,10-11,14H2,1H3,(H,33,34). The van der Waals surface area contributed by atoms with Gasteiger partial charge in [0.2, 0.25) is 11.8 Å². The molecule has 1 aliphatic carbocycles. The monoisotopic (exact) mass is 529 g/mol. The van der Waals surface area contributed by atoms with E-state index < -0.39 is 5.92 Å². The Morgan fingerprint density at radius 2 is 1.97 bits per heavy atom. The van der Waals surface area contributed by atoms with Crippen molar-refractivity contribution in [3.63, 3.8) is 0 Å². The number of aromatic nitrogens is 6. The van der Waals surface area contributed by atoms with E-state index in [1.54, 1.807) is 28.2 Å². The number of hydrogen-bond donors (Lipinski definition) is 1. The maximum atomic E-state index is 13.3. The van der Waals surface area contributed by atoms with Gasteiger partial charge in [0.15, 0.2) is 5.75 Å². The van der Waals surface area contributed by atoms with Gasteiger partial charge in [0, 0.05) is 50.2 Å². The molecule has 7 rings (SSSR count). The number of fused-ring (bicyclic) bond motifs is 2. The zero-order valence-corrected chi connectivity index (χ0v) is 21.2. The van der Waals surface area contributed by atoms with Crippen LogP contribution in [0.2, 0.25) is 0 Å². The Bertz CT molecular complexity index is 1740. The van der Waals surface area contributed by atoms with Gasteiger partial charge in [-0.25, -0.2) is 18.7 Å². The summed E-state index contributed by atoms with van der Waals surface area (Å²) in [5, 5.41) is 4.36. The van der Waals surface area contributed by atoms with Crippen molar-refractivity contribution in [2.75, 3.05) is 11.4 Å². The second kappa shape index (κ2) is 8.82. The van der Waals surface area contributed by atoms with Crippen LogP contribution in [-0.4, -0.2) is 48.1 Å². The Labute approximate surface area is 221 Å². The number of alkyl halides is 2. The molecule has 3 aromatic heterocycles. The molecule has 2 aliphatic rings. The molecular formula is C28H25F2N7O2. The molecule has 1 N–H and O–H groups in total. The summed E-state index contributed by atoms with van der Waals surface area (Å²) in [4.78, 5) is 31.8. The Morgan fingerprint density at radius 3 is 2.77 bits per heavy atom. The minimum Gasteiger partial charge on any atom is -0.455 e. The normalized spacial score (nSPS) is 17.3. The lowest BCUT2D eigenvalue weighted by Crippen LogP contribution is -2.37. The number of anilines is 1. The summed E-state index contributed by atoms with van der Waals surface area (Å²) < 4.78 is 34.5. The largest absolute Gasteiger partial charge is 0.455 e. The number of aromatic amines is 1. The number of nitrogens with zero attached hydrogens (tertiary/aromatic N) is 6. The maximum Gasteiger partial charge on any atom is 0.248 e. The molecule has 1 saturated heterocycles. The molecule has 9 nitrogen and oxygen atoms in total. The van der Waals surface area contributed by atoms with Crippen molar-refractivity contribution in [3.05, 3.63) is 54.7 Å². The van der Waals surface area contributed by atoms with Gasteiger partial charge in [-0.15, -0.1) is 0 Å². The number of imidazole rings is 1. The maximum absolute atomic E-state index is 13.3. The van der Waals surface area contributed by atoms with E-state index >= 15 is 0 Å². The van der Waals surface area contributed by atoms with Crippen molar-refractivity contribution in [3.8, 4) is 22.8 Å². The highest BCUT2D eigenvalue weighted by Gasteiger charge is 2.45. The average molecular weight is 530 g/mol. The van der Waals surface area contributed by atoms with Gasteiger partial charge in [0.05, 0.1) is 34.6 Å². The van der Waals surface area contributed by atoms with E-state index in [0.717, 1.165) is 28.8 Å². The Hall–Kier alpha value is -4.41. The lowest BCUT2D eigenvalue weighted by atomic mass is 9.81. The lowest BCUT2D eigenvalue weighted by molar-refractivity contribution is -0.117. The summed E-state index contributed by atoms with van der Waals surface area (Å²) in [6.07, 6.45) is 6.10. The van der Waals surface area contributed by atoms with Gasteiger partial charge in [0.25, 0.3) is 0 Å². The van der Waals surface area contributed by atoms with Crippen LogP contribution >= 0.6 is 0 Å². The van der Waals surface area contributed by atoms with Crippen molar-refractivity contribution >= 4 is 33.7 Å². The van der Waals surface area contributed by atoms with Crippen molar-refractivity contribution in [2.45, 2.75) is 45.1 Å². The molecule has 11 heteroatoms. The number of aryl methyl sites for hydroxylation is 1. The zero-order valence-electron chi connectivity index (χ0n) is 21.2. The van der Waals surface area contributed by atoms with E-state index in [0.29, 0.717) is 53.4 Å². The predicted molar refractivity (Wildman–Crippen MR) is 141 cm³/mol. The molecule has 0 radical (unpaired) electrons. The summed E-state index contributed by atoms with van der Waals surface area (Å²) in [5.41, 5.74) is 4.75. The van der Waals surface area contributed by atoms with Gasteiger partial charge < -0.3 is 14.6 Å². The fraction of sp³-hybridized carbons (Fsp3) is 0.321. The number of carbonyl (C=O) groups excluding carboxylic acids is 1. The number of amides is 1. The van der Waals surface area contributed by atoms with E-state index in [1.165, 1.54) is 0 Å². The summed E-state index contributed by atoms with van der Waals surface area (Å²) in [6, 6.07) is 9.24. The number of nitrogens with one attached hydrogen (secondary N) is 1. The number of rotatable bonds is 6. The van der Waals surface area contributed by atoms with Crippen LogP contribution in [-0.2, 0) is 11.3 Å². The van der Waals surface area contributed by atoms with E-state index in [2.05, 4.69) is 20.1 Å². The van der Waals surface area contributed by atoms with Gasteiger partial charge in [-0.05, 0) is 43.5 Å². The number of halogens is 2. The molecule has 4 heterocycles. The van der Waals surface area contributed by atoms with Crippen LogP contribution in [0.5, 0.6) is 11.5 Å². The van der Waals surface area contributed by atoms with E-state index in [9.17, 15) is 13.6 Å². The van der Waals surface area contributed by atoms with E-state index in [4.69, 9.17) is 9.72 Å². The first kappa shape index (κ1) is 23.7. The van der Waals surface area contributed by atoms with Crippen LogP contribution in [0.15, 0.2) is 48.9 Å². The fourth-order valence-electron chi connectivity index (χ4n) is 5.49. The topological polar surface area (TPSA) is 102 Å². The molecule has 5 aromatic rings. The summed E-state index contributed by atoms with van der Waals surface area (Å²) in [7, 11) is 0. The molecule has 0 unspecified atom stereocenters. The minimum absolute atomic E-state index is 0.00400.